The highest BCUT2D eigenvalue weighted by atomic mass is 32.1. The summed E-state index contributed by atoms with van der Waals surface area (Å²) in [5.74, 6) is -1.52. The van der Waals surface area contributed by atoms with Gasteiger partial charge in [-0.2, -0.15) is 0 Å². The average molecular weight is 335 g/mol. The topological polar surface area (TPSA) is 112 Å². The molecule has 2 rings (SSSR count). The highest BCUT2D eigenvalue weighted by Gasteiger charge is 2.21. The van der Waals surface area contributed by atoms with Gasteiger partial charge < -0.3 is 15.4 Å². The smallest absolute Gasteiger partial charge is 0.355 e. The van der Waals surface area contributed by atoms with E-state index >= 15 is 0 Å². The van der Waals surface area contributed by atoms with Crippen LogP contribution in [0.25, 0.3) is 0 Å². The normalized spacial score (nSPS) is 10.6. The Bertz CT molecular complexity index is 776. The van der Waals surface area contributed by atoms with Crippen molar-refractivity contribution in [3.05, 3.63) is 38.6 Å². The maximum absolute atomic E-state index is 12.3. The number of H-pyrrole nitrogens is 1. The number of carbonyl (C=O) groups excluding carboxylic acids is 2. The van der Waals surface area contributed by atoms with Gasteiger partial charge in [-0.1, -0.05) is 6.92 Å². The van der Waals surface area contributed by atoms with Gasteiger partial charge in [0.1, 0.15) is 10.7 Å². The van der Waals surface area contributed by atoms with E-state index in [0.29, 0.717) is 33.9 Å². The molecule has 0 bridgehead atoms. The summed E-state index contributed by atoms with van der Waals surface area (Å²) in [5.41, 5.74) is 2.24. The Morgan fingerprint density at radius 2 is 2.09 bits per heavy atom. The summed E-state index contributed by atoms with van der Waals surface area (Å²) in [6.45, 7) is 5.24. The van der Waals surface area contributed by atoms with Gasteiger partial charge in [-0.3, -0.25) is 9.59 Å². The molecule has 2 aromatic rings. The number of Topliss-reactive ketones (excluding diaryl/α,β-unsaturated/α-hetero) is 1. The Morgan fingerprint density at radius 1 is 1.39 bits per heavy atom. The lowest BCUT2D eigenvalue weighted by Crippen LogP contribution is -2.24. The Morgan fingerprint density at radius 3 is 2.61 bits per heavy atom. The molecule has 3 N–H and O–H groups in total. The number of aryl methyl sites for hydroxylation is 1. The summed E-state index contributed by atoms with van der Waals surface area (Å²) in [5, 5.41) is 13.5. The maximum Gasteiger partial charge on any atom is 0.355 e. The monoisotopic (exact) mass is 335 g/mol. The van der Waals surface area contributed by atoms with E-state index in [2.05, 4.69) is 15.3 Å². The second-order valence-corrected chi connectivity index (χ2v) is 5.95. The molecule has 0 saturated carbocycles. The van der Waals surface area contributed by atoms with Crippen LogP contribution >= 0.6 is 11.3 Å². The van der Waals surface area contributed by atoms with Gasteiger partial charge in [0, 0.05) is 16.6 Å². The first-order valence-electron chi connectivity index (χ1n) is 7.03. The minimum atomic E-state index is -1.10. The number of aromatic nitrogens is 2. The van der Waals surface area contributed by atoms with Crippen molar-refractivity contribution < 1.29 is 19.5 Å². The van der Waals surface area contributed by atoms with Gasteiger partial charge in [-0.05, 0) is 25.8 Å². The van der Waals surface area contributed by atoms with Crippen molar-refractivity contribution in [2.75, 3.05) is 0 Å². The number of hydrogen-bond donors (Lipinski definition) is 3. The van der Waals surface area contributed by atoms with E-state index in [-0.39, 0.29) is 23.9 Å². The first-order valence-corrected chi connectivity index (χ1v) is 7.91. The number of aromatic amines is 1. The molecule has 2 aromatic heterocycles. The molecule has 0 aliphatic rings. The van der Waals surface area contributed by atoms with Crippen molar-refractivity contribution in [2.24, 2.45) is 0 Å². The molecule has 0 saturated heterocycles. The third kappa shape index (κ3) is 3.48. The predicted octanol–water partition coefficient (Wildman–Crippen LogP) is 2.17. The van der Waals surface area contributed by atoms with E-state index < -0.39 is 5.97 Å². The largest absolute Gasteiger partial charge is 0.476 e. The summed E-state index contributed by atoms with van der Waals surface area (Å²) < 4.78 is 0. The number of nitrogens with one attached hydrogen (secondary N) is 2. The molecule has 0 aliphatic heterocycles. The zero-order valence-electron chi connectivity index (χ0n) is 13.0. The Hall–Kier alpha value is -2.48. The summed E-state index contributed by atoms with van der Waals surface area (Å²) in [7, 11) is 0. The molecule has 8 heteroatoms. The van der Waals surface area contributed by atoms with E-state index in [0.717, 1.165) is 0 Å². The van der Waals surface area contributed by atoms with Gasteiger partial charge in [0.15, 0.2) is 11.5 Å². The highest BCUT2D eigenvalue weighted by molar-refractivity contribution is 7.09. The molecular weight excluding hydrogens is 318 g/mol. The van der Waals surface area contributed by atoms with Gasteiger partial charge >= 0.3 is 5.97 Å². The standard InChI is InChI=1S/C15H17N3O4S/c1-4-9-12(8(3)19)7(2)17-13(9)14(20)16-5-11-18-10(6-23-11)15(21)22/h6,17H,4-5H2,1-3H3,(H,16,20)(H,21,22). The number of aromatic carboxylic acids is 1. The summed E-state index contributed by atoms with van der Waals surface area (Å²) in [6, 6.07) is 0. The SMILES string of the molecule is CCc1c(C(=O)NCc2nc(C(=O)O)cs2)[nH]c(C)c1C(C)=O. The molecule has 0 radical (unpaired) electrons. The van der Waals surface area contributed by atoms with E-state index in [1.54, 1.807) is 6.92 Å². The number of hydrogen-bond acceptors (Lipinski definition) is 5. The van der Waals surface area contributed by atoms with Crippen LogP contribution in [0, 0.1) is 6.92 Å². The van der Waals surface area contributed by atoms with Gasteiger partial charge in [0.25, 0.3) is 5.91 Å². The van der Waals surface area contributed by atoms with Crippen molar-refractivity contribution in [3.63, 3.8) is 0 Å². The lowest BCUT2D eigenvalue weighted by atomic mass is 10.0. The number of thiazole rings is 1. The van der Waals surface area contributed by atoms with E-state index in [9.17, 15) is 14.4 Å². The second kappa shape index (κ2) is 6.74. The van der Waals surface area contributed by atoms with Gasteiger partial charge in [-0.25, -0.2) is 9.78 Å². The van der Waals surface area contributed by atoms with Crippen LogP contribution in [-0.2, 0) is 13.0 Å². The third-order valence-electron chi connectivity index (χ3n) is 3.39. The fraction of sp³-hybridized carbons (Fsp3) is 0.333. The molecule has 122 valence electrons. The highest BCUT2D eigenvalue weighted by Crippen LogP contribution is 2.20. The molecule has 0 spiro atoms. The van der Waals surface area contributed by atoms with Crippen LogP contribution in [0.15, 0.2) is 5.38 Å². The van der Waals surface area contributed by atoms with E-state index in [1.807, 2.05) is 6.92 Å². The third-order valence-corrected chi connectivity index (χ3v) is 4.24. The molecule has 0 aliphatic carbocycles. The molecule has 0 unspecified atom stereocenters. The van der Waals surface area contributed by atoms with Crippen LogP contribution in [-0.4, -0.2) is 32.7 Å². The Balaban J connectivity index is 2.16. The molecule has 7 nitrogen and oxygen atoms in total. The Labute approximate surface area is 136 Å². The zero-order valence-corrected chi connectivity index (χ0v) is 13.8. The number of nitrogens with zero attached hydrogens (tertiary/aromatic N) is 1. The fourth-order valence-corrected chi connectivity index (χ4v) is 3.14. The molecule has 1 amide bonds. The van der Waals surface area contributed by atoms with Crippen LogP contribution in [0.5, 0.6) is 0 Å². The number of rotatable bonds is 6. The molecule has 0 fully saturated rings. The number of amides is 1. The molecular formula is C15H17N3O4S. The minimum Gasteiger partial charge on any atom is -0.476 e. The minimum absolute atomic E-state index is 0.0388. The van der Waals surface area contributed by atoms with E-state index in [4.69, 9.17) is 5.11 Å². The number of carboxylic acid groups (broad SMARTS) is 1. The number of carboxylic acids is 1. The predicted molar refractivity (Wildman–Crippen MR) is 85.2 cm³/mol. The lowest BCUT2D eigenvalue weighted by Gasteiger charge is -2.04. The van der Waals surface area contributed by atoms with E-state index in [1.165, 1.54) is 23.6 Å². The first kappa shape index (κ1) is 16.9. The zero-order chi connectivity index (χ0) is 17.1. The van der Waals surface area contributed by atoms with Crippen LogP contribution in [0.2, 0.25) is 0 Å². The van der Waals surface area contributed by atoms with Crippen LogP contribution in [0.1, 0.15) is 61.4 Å². The van der Waals surface area contributed by atoms with Gasteiger partial charge in [0.05, 0.1) is 6.54 Å². The van der Waals surface area contributed by atoms with Crippen LogP contribution in [0.4, 0.5) is 0 Å². The first-order chi connectivity index (χ1) is 10.8. The molecule has 0 atom stereocenters. The number of ketones is 1. The van der Waals surface area contributed by atoms with Gasteiger partial charge in [0.2, 0.25) is 0 Å². The van der Waals surface area contributed by atoms with Crippen LogP contribution < -0.4 is 5.32 Å². The van der Waals surface area contributed by atoms with Crippen molar-refractivity contribution in [1.29, 1.82) is 0 Å². The molecule has 23 heavy (non-hydrogen) atoms. The maximum atomic E-state index is 12.3. The quantitative estimate of drug-likeness (QED) is 0.700. The van der Waals surface area contributed by atoms with Crippen molar-refractivity contribution >= 4 is 29.0 Å². The average Bonchev–Trinajstić information content (AvgIpc) is 3.08. The number of carbonyl (C=O) groups is 3. The molecule has 0 aromatic carbocycles. The van der Waals surface area contributed by atoms with Crippen LogP contribution in [0.3, 0.4) is 0 Å². The van der Waals surface area contributed by atoms with Crippen molar-refractivity contribution in [1.82, 2.24) is 15.3 Å². The fourth-order valence-electron chi connectivity index (χ4n) is 2.44. The summed E-state index contributed by atoms with van der Waals surface area (Å²) in [4.78, 5) is 41.7. The summed E-state index contributed by atoms with van der Waals surface area (Å²) in [6.07, 6.45) is 0.558. The molecule has 2 heterocycles. The lowest BCUT2D eigenvalue weighted by molar-refractivity contribution is 0.0690. The van der Waals surface area contributed by atoms with Crippen molar-refractivity contribution in [3.8, 4) is 0 Å². The van der Waals surface area contributed by atoms with Gasteiger partial charge in [-0.15, -0.1) is 11.3 Å². The Kier molecular flexibility index (Phi) is 4.95. The summed E-state index contributed by atoms with van der Waals surface area (Å²) >= 11 is 1.17. The van der Waals surface area contributed by atoms with Crippen molar-refractivity contribution in [2.45, 2.75) is 33.7 Å². The second-order valence-electron chi connectivity index (χ2n) is 5.00.